The number of rotatable bonds is 10. The van der Waals surface area contributed by atoms with E-state index in [0.29, 0.717) is 31.3 Å². The molecule has 2 N–H and O–H groups in total. The number of nitrogens with one attached hydrogen (secondary N) is 2. The molecule has 2 aromatic carbocycles. The maximum absolute atomic E-state index is 11.5. The average Bonchev–Trinajstić information content (AvgIpc) is 2.62. The SMILES string of the molecule is CCOC(=O)COc1c(I)cc(CNNc2ccccc2)cc1OCC. The number of carbonyl (C=O) groups is 1. The summed E-state index contributed by atoms with van der Waals surface area (Å²) in [7, 11) is 0. The van der Waals surface area contributed by atoms with Gasteiger partial charge in [-0.1, -0.05) is 18.2 Å². The smallest absolute Gasteiger partial charge is 0.344 e. The Labute approximate surface area is 167 Å². The highest BCUT2D eigenvalue weighted by Gasteiger charge is 2.14. The molecule has 0 atom stereocenters. The van der Waals surface area contributed by atoms with Crippen molar-refractivity contribution in [2.75, 3.05) is 25.2 Å². The lowest BCUT2D eigenvalue weighted by molar-refractivity contribution is -0.145. The van der Waals surface area contributed by atoms with Crippen LogP contribution in [0, 0.1) is 3.57 Å². The second-order valence-corrected chi connectivity index (χ2v) is 6.44. The Morgan fingerprint density at radius 1 is 1.08 bits per heavy atom. The summed E-state index contributed by atoms with van der Waals surface area (Å²) in [5.74, 6) is 0.768. The zero-order valence-electron chi connectivity index (χ0n) is 14.9. The highest BCUT2D eigenvalue weighted by Crippen LogP contribution is 2.34. The Morgan fingerprint density at radius 2 is 1.85 bits per heavy atom. The molecule has 0 aliphatic carbocycles. The molecular weight excluding hydrogens is 447 g/mol. The minimum Gasteiger partial charge on any atom is -0.490 e. The third-order valence-electron chi connectivity index (χ3n) is 3.31. The summed E-state index contributed by atoms with van der Waals surface area (Å²) >= 11 is 2.18. The van der Waals surface area contributed by atoms with Crippen LogP contribution < -0.4 is 20.3 Å². The molecule has 0 fully saturated rings. The molecule has 0 unspecified atom stereocenters. The van der Waals surface area contributed by atoms with Gasteiger partial charge in [-0.3, -0.25) is 0 Å². The van der Waals surface area contributed by atoms with Crippen molar-refractivity contribution in [3.05, 3.63) is 51.6 Å². The minimum absolute atomic E-state index is 0.142. The van der Waals surface area contributed by atoms with Crippen molar-refractivity contribution in [2.24, 2.45) is 0 Å². The van der Waals surface area contributed by atoms with E-state index < -0.39 is 5.97 Å². The molecule has 0 amide bonds. The van der Waals surface area contributed by atoms with Crippen LogP contribution in [0.25, 0.3) is 0 Å². The number of para-hydroxylation sites is 1. The highest BCUT2D eigenvalue weighted by molar-refractivity contribution is 14.1. The lowest BCUT2D eigenvalue weighted by atomic mass is 10.2. The van der Waals surface area contributed by atoms with Gasteiger partial charge in [-0.25, -0.2) is 10.2 Å². The van der Waals surface area contributed by atoms with Crippen LogP contribution >= 0.6 is 22.6 Å². The topological polar surface area (TPSA) is 68.8 Å². The Kier molecular flexibility index (Phi) is 8.49. The molecule has 0 saturated heterocycles. The zero-order chi connectivity index (χ0) is 18.8. The van der Waals surface area contributed by atoms with Gasteiger partial charge < -0.3 is 19.6 Å². The molecule has 26 heavy (non-hydrogen) atoms. The summed E-state index contributed by atoms with van der Waals surface area (Å²) in [5.41, 5.74) is 8.34. The standard InChI is InChI=1S/C19H23IN2O4/c1-3-24-17-11-14(12-21-22-15-8-6-5-7-9-15)10-16(20)19(17)26-13-18(23)25-4-2/h5-11,21-22H,3-4,12-13H2,1-2H3. The van der Waals surface area contributed by atoms with E-state index in [4.69, 9.17) is 14.2 Å². The molecule has 0 saturated carbocycles. The fourth-order valence-corrected chi connectivity index (χ4v) is 3.05. The summed E-state index contributed by atoms with van der Waals surface area (Å²) < 4.78 is 17.1. The van der Waals surface area contributed by atoms with Gasteiger partial charge in [-0.2, -0.15) is 0 Å². The van der Waals surface area contributed by atoms with Crippen molar-refractivity contribution in [3.63, 3.8) is 0 Å². The lowest BCUT2D eigenvalue weighted by Gasteiger charge is -2.16. The molecule has 6 nitrogen and oxygen atoms in total. The van der Waals surface area contributed by atoms with Crippen LogP contribution in [0.15, 0.2) is 42.5 Å². The van der Waals surface area contributed by atoms with Gasteiger partial charge in [0.2, 0.25) is 0 Å². The second-order valence-electron chi connectivity index (χ2n) is 5.28. The third-order valence-corrected chi connectivity index (χ3v) is 4.11. The normalized spacial score (nSPS) is 10.3. The Morgan fingerprint density at radius 3 is 2.54 bits per heavy atom. The molecule has 0 aliphatic rings. The van der Waals surface area contributed by atoms with E-state index in [-0.39, 0.29) is 6.61 Å². The number of ether oxygens (including phenoxy) is 3. The van der Waals surface area contributed by atoms with Crippen LogP contribution in [-0.4, -0.2) is 25.8 Å². The molecule has 2 aromatic rings. The van der Waals surface area contributed by atoms with Crippen LogP contribution in [0.2, 0.25) is 0 Å². The Bertz CT molecular complexity index is 710. The van der Waals surface area contributed by atoms with E-state index in [1.807, 2.05) is 49.4 Å². The Hall–Kier alpha value is -2.00. The predicted molar refractivity (Wildman–Crippen MR) is 109 cm³/mol. The first-order valence-corrected chi connectivity index (χ1v) is 9.49. The number of carbonyl (C=O) groups excluding carboxylic acids is 1. The molecule has 7 heteroatoms. The summed E-state index contributed by atoms with van der Waals surface area (Å²) in [5, 5.41) is 0. The van der Waals surface area contributed by atoms with Crippen molar-refractivity contribution in [3.8, 4) is 11.5 Å². The number of hydrazine groups is 1. The van der Waals surface area contributed by atoms with Gasteiger partial charge in [0.25, 0.3) is 0 Å². The van der Waals surface area contributed by atoms with Crippen LogP contribution in [0.3, 0.4) is 0 Å². The van der Waals surface area contributed by atoms with Crippen LogP contribution in [-0.2, 0) is 16.1 Å². The molecule has 2 rings (SSSR count). The largest absolute Gasteiger partial charge is 0.490 e. The van der Waals surface area contributed by atoms with E-state index in [2.05, 4.69) is 33.4 Å². The monoisotopic (exact) mass is 470 g/mol. The highest BCUT2D eigenvalue weighted by atomic mass is 127. The third kappa shape index (κ3) is 6.38. The molecule has 140 valence electrons. The number of hydrogen-bond acceptors (Lipinski definition) is 6. The van der Waals surface area contributed by atoms with Crippen molar-refractivity contribution in [1.29, 1.82) is 0 Å². The molecule has 0 aliphatic heterocycles. The van der Waals surface area contributed by atoms with E-state index in [0.717, 1.165) is 14.8 Å². The van der Waals surface area contributed by atoms with Gasteiger partial charge in [0.05, 0.1) is 16.8 Å². The average molecular weight is 470 g/mol. The molecule has 0 spiro atoms. The van der Waals surface area contributed by atoms with E-state index >= 15 is 0 Å². The van der Waals surface area contributed by atoms with E-state index in [1.165, 1.54) is 0 Å². The van der Waals surface area contributed by atoms with E-state index in [9.17, 15) is 4.79 Å². The zero-order valence-corrected chi connectivity index (χ0v) is 17.0. The quantitative estimate of drug-likeness (QED) is 0.313. The minimum atomic E-state index is -0.399. The van der Waals surface area contributed by atoms with E-state index in [1.54, 1.807) is 6.92 Å². The summed E-state index contributed by atoms with van der Waals surface area (Å²) in [6, 6.07) is 13.8. The van der Waals surface area contributed by atoms with Crippen molar-refractivity contribution in [2.45, 2.75) is 20.4 Å². The first-order chi connectivity index (χ1) is 12.6. The first-order valence-electron chi connectivity index (χ1n) is 8.41. The molecule has 0 heterocycles. The van der Waals surface area contributed by atoms with Crippen LogP contribution in [0.5, 0.6) is 11.5 Å². The summed E-state index contributed by atoms with van der Waals surface area (Å²) in [6.45, 7) is 4.96. The molecular formula is C19H23IN2O4. The van der Waals surface area contributed by atoms with Crippen LogP contribution in [0.1, 0.15) is 19.4 Å². The fraction of sp³-hybridized carbons (Fsp3) is 0.316. The predicted octanol–water partition coefficient (Wildman–Crippen LogP) is 3.75. The van der Waals surface area contributed by atoms with Gasteiger partial charge in [-0.05, 0) is 66.3 Å². The molecule has 0 aromatic heterocycles. The van der Waals surface area contributed by atoms with Crippen molar-refractivity contribution < 1.29 is 19.0 Å². The summed E-state index contributed by atoms with van der Waals surface area (Å²) in [4.78, 5) is 11.5. The number of benzene rings is 2. The van der Waals surface area contributed by atoms with Gasteiger partial charge in [-0.15, -0.1) is 0 Å². The van der Waals surface area contributed by atoms with Gasteiger partial charge >= 0.3 is 5.97 Å². The van der Waals surface area contributed by atoms with Crippen molar-refractivity contribution >= 4 is 34.2 Å². The van der Waals surface area contributed by atoms with Crippen molar-refractivity contribution in [1.82, 2.24) is 5.43 Å². The maximum atomic E-state index is 11.5. The second kappa shape index (κ2) is 10.9. The van der Waals surface area contributed by atoms with Crippen LogP contribution in [0.4, 0.5) is 5.69 Å². The maximum Gasteiger partial charge on any atom is 0.344 e. The lowest BCUT2D eigenvalue weighted by Crippen LogP contribution is -2.21. The molecule has 0 radical (unpaired) electrons. The van der Waals surface area contributed by atoms with Gasteiger partial charge in [0.1, 0.15) is 0 Å². The van der Waals surface area contributed by atoms with Gasteiger partial charge in [0, 0.05) is 12.2 Å². The fourth-order valence-electron chi connectivity index (χ4n) is 2.23. The number of esters is 1. The number of halogens is 1. The summed E-state index contributed by atoms with van der Waals surface area (Å²) in [6.07, 6.45) is 0. The number of hydrogen-bond donors (Lipinski definition) is 2. The Balaban J connectivity index is 2.03. The number of anilines is 1. The van der Waals surface area contributed by atoms with Gasteiger partial charge in [0.15, 0.2) is 18.1 Å². The molecule has 0 bridgehead atoms. The first kappa shape index (κ1) is 20.3.